The van der Waals surface area contributed by atoms with Crippen LogP contribution in [0.2, 0.25) is 0 Å². The molecule has 1 unspecified atom stereocenters. The highest BCUT2D eigenvalue weighted by molar-refractivity contribution is 7.08. The molecule has 1 saturated carbocycles. The Balaban J connectivity index is 1.75. The molecule has 1 aromatic carbocycles. The van der Waals surface area contributed by atoms with Gasteiger partial charge in [-0.3, -0.25) is 0 Å². The van der Waals surface area contributed by atoms with E-state index >= 15 is 0 Å². The molecule has 0 bridgehead atoms. The van der Waals surface area contributed by atoms with E-state index in [2.05, 4.69) is 41.1 Å². The lowest BCUT2D eigenvalue weighted by Crippen LogP contribution is -2.04. The second-order valence-electron chi connectivity index (χ2n) is 5.42. The Morgan fingerprint density at radius 1 is 0.947 bits per heavy atom. The minimum atomic E-state index is -0.00773. The smallest absolute Gasteiger partial charge is 0.0843 e. The largest absolute Gasteiger partial charge is 0.152 e. The number of thiophene rings is 1. The van der Waals surface area contributed by atoms with Crippen molar-refractivity contribution in [2.24, 2.45) is 0 Å². The van der Waals surface area contributed by atoms with Gasteiger partial charge in [-0.2, -0.15) is 11.3 Å². The second kappa shape index (κ2) is 6.11. The highest BCUT2D eigenvalue weighted by Gasteiger charge is 2.16. The fraction of sp³-hybridized carbons (Fsp3) is 0.412. The molecular formula is C17H19ClS. The lowest BCUT2D eigenvalue weighted by atomic mass is 9.84. The van der Waals surface area contributed by atoms with Gasteiger partial charge in [0.25, 0.3) is 0 Å². The van der Waals surface area contributed by atoms with Crippen molar-refractivity contribution in [1.82, 2.24) is 0 Å². The molecule has 1 atom stereocenters. The molecule has 0 saturated heterocycles. The SMILES string of the molecule is ClC(c1ccc(C2CCCCC2)cc1)c1ccsc1. The highest BCUT2D eigenvalue weighted by Crippen LogP contribution is 2.35. The van der Waals surface area contributed by atoms with Crippen LogP contribution in [0.3, 0.4) is 0 Å². The maximum Gasteiger partial charge on any atom is 0.0843 e. The van der Waals surface area contributed by atoms with Crippen molar-refractivity contribution in [2.45, 2.75) is 43.4 Å². The zero-order valence-electron chi connectivity index (χ0n) is 11.0. The van der Waals surface area contributed by atoms with E-state index in [1.165, 1.54) is 48.8 Å². The molecule has 0 amide bonds. The Hall–Kier alpha value is -0.790. The van der Waals surface area contributed by atoms with Gasteiger partial charge in [0.15, 0.2) is 0 Å². The van der Waals surface area contributed by atoms with E-state index in [9.17, 15) is 0 Å². The summed E-state index contributed by atoms with van der Waals surface area (Å²) in [7, 11) is 0. The summed E-state index contributed by atoms with van der Waals surface area (Å²) in [5.41, 5.74) is 3.91. The van der Waals surface area contributed by atoms with Gasteiger partial charge in [-0.05, 0) is 52.3 Å². The summed E-state index contributed by atoms with van der Waals surface area (Å²) in [5.74, 6) is 0.776. The quantitative estimate of drug-likeness (QED) is 0.597. The molecule has 0 aliphatic heterocycles. The summed E-state index contributed by atoms with van der Waals surface area (Å²) in [6.45, 7) is 0. The maximum atomic E-state index is 6.52. The minimum absolute atomic E-state index is 0.00773. The van der Waals surface area contributed by atoms with Crippen LogP contribution < -0.4 is 0 Å². The van der Waals surface area contributed by atoms with E-state index in [0.29, 0.717) is 0 Å². The van der Waals surface area contributed by atoms with Crippen molar-refractivity contribution in [3.8, 4) is 0 Å². The molecule has 19 heavy (non-hydrogen) atoms. The van der Waals surface area contributed by atoms with Crippen LogP contribution >= 0.6 is 22.9 Å². The van der Waals surface area contributed by atoms with Gasteiger partial charge in [-0.15, -0.1) is 11.6 Å². The van der Waals surface area contributed by atoms with Crippen molar-refractivity contribution in [3.05, 3.63) is 57.8 Å². The van der Waals surface area contributed by atoms with Gasteiger partial charge in [0.1, 0.15) is 0 Å². The summed E-state index contributed by atoms with van der Waals surface area (Å²) < 4.78 is 0. The first kappa shape index (κ1) is 13.2. The van der Waals surface area contributed by atoms with Crippen molar-refractivity contribution in [2.75, 3.05) is 0 Å². The average Bonchev–Trinajstić information content (AvgIpc) is 3.02. The number of rotatable bonds is 3. The summed E-state index contributed by atoms with van der Waals surface area (Å²) in [6.07, 6.45) is 6.90. The molecule has 2 aromatic rings. The van der Waals surface area contributed by atoms with Crippen molar-refractivity contribution < 1.29 is 0 Å². The van der Waals surface area contributed by atoms with Crippen LogP contribution in [-0.2, 0) is 0 Å². The molecule has 1 aromatic heterocycles. The molecule has 1 aliphatic carbocycles. The van der Waals surface area contributed by atoms with E-state index in [-0.39, 0.29) is 5.38 Å². The minimum Gasteiger partial charge on any atom is -0.152 e. The second-order valence-corrected chi connectivity index (χ2v) is 6.64. The third kappa shape index (κ3) is 3.04. The molecule has 0 N–H and O–H groups in total. The lowest BCUT2D eigenvalue weighted by molar-refractivity contribution is 0.443. The van der Waals surface area contributed by atoms with E-state index in [4.69, 9.17) is 11.6 Å². The van der Waals surface area contributed by atoms with Crippen molar-refractivity contribution in [1.29, 1.82) is 0 Å². The monoisotopic (exact) mass is 290 g/mol. The first-order valence-corrected chi connectivity index (χ1v) is 8.48. The fourth-order valence-electron chi connectivity index (χ4n) is 2.98. The summed E-state index contributed by atoms with van der Waals surface area (Å²) in [6, 6.07) is 11.1. The molecule has 1 fully saturated rings. The first-order valence-electron chi connectivity index (χ1n) is 7.10. The molecular weight excluding hydrogens is 272 g/mol. The fourth-order valence-corrected chi connectivity index (χ4v) is 4.03. The predicted octanol–water partition coefficient (Wildman–Crippen LogP) is 6.12. The Morgan fingerprint density at radius 3 is 2.32 bits per heavy atom. The summed E-state index contributed by atoms with van der Waals surface area (Å²) in [5, 5.41) is 4.21. The third-order valence-electron chi connectivity index (χ3n) is 4.14. The van der Waals surface area contributed by atoms with Gasteiger partial charge in [-0.25, -0.2) is 0 Å². The molecule has 0 nitrogen and oxygen atoms in total. The Morgan fingerprint density at radius 2 is 1.68 bits per heavy atom. The molecule has 1 aliphatic rings. The van der Waals surface area contributed by atoms with E-state index in [1.54, 1.807) is 11.3 Å². The van der Waals surface area contributed by atoms with Crippen LogP contribution in [0.1, 0.15) is 60.1 Å². The van der Waals surface area contributed by atoms with Crippen molar-refractivity contribution in [3.63, 3.8) is 0 Å². The Bertz CT molecular complexity index is 495. The van der Waals surface area contributed by atoms with Gasteiger partial charge in [-0.1, -0.05) is 43.5 Å². The number of alkyl halides is 1. The predicted molar refractivity (Wildman–Crippen MR) is 84.3 cm³/mol. The third-order valence-corrected chi connectivity index (χ3v) is 5.35. The Kier molecular flexibility index (Phi) is 4.24. The van der Waals surface area contributed by atoms with Crippen LogP contribution in [0.4, 0.5) is 0 Å². The molecule has 100 valence electrons. The average molecular weight is 291 g/mol. The van der Waals surface area contributed by atoms with Crippen LogP contribution in [0, 0.1) is 0 Å². The highest BCUT2D eigenvalue weighted by atomic mass is 35.5. The van der Waals surface area contributed by atoms with Gasteiger partial charge >= 0.3 is 0 Å². The summed E-state index contributed by atoms with van der Waals surface area (Å²) in [4.78, 5) is 0. The van der Waals surface area contributed by atoms with Gasteiger partial charge in [0.2, 0.25) is 0 Å². The molecule has 2 heteroatoms. The molecule has 1 heterocycles. The topological polar surface area (TPSA) is 0 Å². The maximum absolute atomic E-state index is 6.52. The zero-order valence-corrected chi connectivity index (χ0v) is 12.6. The number of halogens is 1. The normalized spacial score (nSPS) is 18.4. The van der Waals surface area contributed by atoms with Crippen LogP contribution in [0.25, 0.3) is 0 Å². The van der Waals surface area contributed by atoms with E-state index in [1.807, 2.05) is 0 Å². The zero-order chi connectivity index (χ0) is 13.1. The first-order chi connectivity index (χ1) is 9.34. The molecule has 0 radical (unpaired) electrons. The van der Waals surface area contributed by atoms with E-state index in [0.717, 1.165) is 5.92 Å². The van der Waals surface area contributed by atoms with E-state index < -0.39 is 0 Å². The lowest BCUT2D eigenvalue weighted by Gasteiger charge is -2.22. The number of hydrogen-bond acceptors (Lipinski definition) is 1. The van der Waals surface area contributed by atoms with Crippen LogP contribution in [0.15, 0.2) is 41.1 Å². The standard InChI is InChI=1S/C17H19ClS/c18-17(16-10-11-19-12-16)15-8-6-14(7-9-15)13-4-2-1-3-5-13/h6-13,17H,1-5H2. The molecule has 0 spiro atoms. The Labute approximate surface area is 124 Å². The van der Waals surface area contributed by atoms with Gasteiger partial charge < -0.3 is 0 Å². The summed E-state index contributed by atoms with van der Waals surface area (Å²) >= 11 is 8.22. The van der Waals surface area contributed by atoms with Gasteiger partial charge in [0.05, 0.1) is 5.38 Å². The van der Waals surface area contributed by atoms with Crippen LogP contribution in [-0.4, -0.2) is 0 Å². The molecule has 3 rings (SSSR count). The van der Waals surface area contributed by atoms with Gasteiger partial charge in [0, 0.05) is 0 Å². The number of benzene rings is 1. The number of hydrogen-bond donors (Lipinski definition) is 0. The van der Waals surface area contributed by atoms with Crippen molar-refractivity contribution >= 4 is 22.9 Å². The van der Waals surface area contributed by atoms with Crippen LogP contribution in [0.5, 0.6) is 0 Å².